The smallest absolute Gasteiger partial charge is 0.303 e. The van der Waals surface area contributed by atoms with Gasteiger partial charge in [-0.15, -0.1) is 0 Å². The predicted octanol–water partition coefficient (Wildman–Crippen LogP) is 6.03. The van der Waals surface area contributed by atoms with E-state index in [9.17, 15) is 14.9 Å². The number of Topliss-reactive ketones (excluding diaryl/α,β-unsaturated/α-hetero) is 1. The molecule has 2 N–H and O–H groups in total. The van der Waals surface area contributed by atoms with Crippen LogP contribution in [-0.2, 0) is 23.2 Å². The highest BCUT2D eigenvalue weighted by Crippen LogP contribution is 2.40. The lowest BCUT2D eigenvalue weighted by Gasteiger charge is -2.26. The Morgan fingerprint density at radius 2 is 1.81 bits per heavy atom. The van der Waals surface area contributed by atoms with Gasteiger partial charge in [0.25, 0.3) is 0 Å². The molecule has 3 rings (SSSR count). The highest BCUT2D eigenvalue weighted by Gasteiger charge is 2.33. The Morgan fingerprint density at radius 3 is 2.43 bits per heavy atom. The Kier molecular flexibility index (Phi) is 10.9. The summed E-state index contributed by atoms with van der Waals surface area (Å²) in [5, 5.41) is 26.8. The van der Waals surface area contributed by atoms with Crippen LogP contribution in [-0.4, -0.2) is 54.0 Å². The van der Waals surface area contributed by atoms with E-state index in [0.717, 1.165) is 11.1 Å². The molecule has 2 aromatic rings. The minimum absolute atomic E-state index is 0.0356. The summed E-state index contributed by atoms with van der Waals surface area (Å²) in [7, 11) is 0. The number of benzene rings is 2. The van der Waals surface area contributed by atoms with Gasteiger partial charge in [-0.3, -0.25) is 15.0 Å². The van der Waals surface area contributed by atoms with E-state index in [1.54, 1.807) is 32.0 Å². The van der Waals surface area contributed by atoms with Crippen molar-refractivity contribution in [1.29, 1.82) is 10.7 Å². The minimum atomic E-state index is -0.857. The van der Waals surface area contributed by atoms with E-state index in [4.69, 9.17) is 24.7 Å². The van der Waals surface area contributed by atoms with Crippen LogP contribution in [0.25, 0.3) is 0 Å². The summed E-state index contributed by atoms with van der Waals surface area (Å²) in [5.74, 6) is -1.03. The number of carboxylic acid groups (broad SMARTS) is 1. The first kappa shape index (κ1) is 32.4. The quantitative estimate of drug-likeness (QED) is 0.192. The van der Waals surface area contributed by atoms with Crippen molar-refractivity contribution >= 4 is 17.6 Å². The molecule has 42 heavy (non-hydrogen) atoms. The Labute approximate surface area is 246 Å². The summed E-state index contributed by atoms with van der Waals surface area (Å²) < 4.78 is 32.7. The number of carbonyl (C=O) groups is 2. The maximum atomic E-state index is 15.5. The van der Waals surface area contributed by atoms with E-state index >= 15 is 4.39 Å². The van der Waals surface area contributed by atoms with E-state index in [1.165, 1.54) is 4.90 Å². The van der Waals surface area contributed by atoms with Crippen LogP contribution in [0.4, 0.5) is 4.39 Å². The van der Waals surface area contributed by atoms with Gasteiger partial charge in [-0.2, -0.15) is 5.26 Å². The second kappa shape index (κ2) is 14.2. The van der Waals surface area contributed by atoms with Gasteiger partial charge < -0.3 is 24.2 Å². The molecule has 0 saturated heterocycles. The zero-order chi connectivity index (χ0) is 31.0. The molecule has 0 fully saturated rings. The van der Waals surface area contributed by atoms with Crippen molar-refractivity contribution in [2.45, 2.75) is 78.7 Å². The molecule has 2 aromatic carbocycles. The number of ether oxygens (including phenoxy) is 3. The van der Waals surface area contributed by atoms with Crippen LogP contribution in [0.15, 0.2) is 18.2 Å². The highest BCUT2D eigenvalue weighted by atomic mass is 19.1. The number of ketones is 1. The number of halogens is 1. The average molecular weight is 582 g/mol. The first-order valence-electron chi connectivity index (χ1n) is 14.3. The summed E-state index contributed by atoms with van der Waals surface area (Å²) >= 11 is 0. The maximum Gasteiger partial charge on any atom is 0.303 e. The third-order valence-electron chi connectivity index (χ3n) is 6.94. The van der Waals surface area contributed by atoms with Gasteiger partial charge in [0, 0.05) is 30.5 Å². The Morgan fingerprint density at radius 1 is 1.10 bits per heavy atom. The first-order chi connectivity index (χ1) is 19.9. The number of aryl methyl sites for hydroxylation is 1. The van der Waals surface area contributed by atoms with E-state index in [-0.39, 0.29) is 61.2 Å². The number of nitriles is 1. The third-order valence-corrected chi connectivity index (χ3v) is 6.94. The summed E-state index contributed by atoms with van der Waals surface area (Å²) in [6.07, 6.45) is 1.70. The van der Waals surface area contributed by atoms with Crippen LogP contribution in [0.3, 0.4) is 0 Å². The number of nitrogens with one attached hydrogen (secondary N) is 1. The lowest BCUT2D eigenvalue weighted by atomic mass is 9.83. The molecule has 1 aliphatic heterocycles. The molecule has 1 heterocycles. The van der Waals surface area contributed by atoms with Crippen molar-refractivity contribution < 1.29 is 33.3 Å². The molecular weight excluding hydrogens is 541 g/mol. The van der Waals surface area contributed by atoms with E-state index in [2.05, 4.69) is 6.07 Å². The average Bonchev–Trinajstić information content (AvgIpc) is 3.23. The second-order valence-corrected chi connectivity index (χ2v) is 11.2. The zero-order valence-electron chi connectivity index (χ0n) is 25.1. The number of aliphatic carboxylic acids is 1. The van der Waals surface area contributed by atoms with Crippen molar-refractivity contribution in [3.8, 4) is 23.3 Å². The van der Waals surface area contributed by atoms with E-state index in [0.29, 0.717) is 49.4 Å². The Balaban J connectivity index is 1.91. The molecule has 0 atom stereocenters. The van der Waals surface area contributed by atoms with Gasteiger partial charge in [0.2, 0.25) is 0 Å². The number of hydrogen-bond acceptors (Lipinski definition) is 7. The third kappa shape index (κ3) is 7.58. The van der Waals surface area contributed by atoms with Crippen LogP contribution >= 0.6 is 0 Å². The molecule has 10 heteroatoms. The number of unbranched alkanes of at least 4 members (excludes halogenated alkanes) is 1. The lowest BCUT2D eigenvalue weighted by Crippen LogP contribution is -2.31. The number of hydrogen-bond donors (Lipinski definition) is 2. The number of carboxylic acids is 1. The van der Waals surface area contributed by atoms with Crippen molar-refractivity contribution in [3.63, 3.8) is 0 Å². The van der Waals surface area contributed by atoms with Gasteiger partial charge >= 0.3 is 5.97 Å². The minimum Gasteiger partial charge on any atom is -0.493 e. The number of carbonyl (C=O) groups excluding carboxylic acids is 1. The van der Waals surface area contributed by atoms with Gasteiger partial charge in [0.1, 0.15) is 11.6 Å². The monoisotopic (exact) mass is 581 g/mol. The van der Waals surface area contributed by atoms with Crippen LogP contribution in [0.2, 0.25) is 0 Å². The fraction of sp³-hybridized carbons (Fsp3) is 0.500. The van der Waals surface area contributed by atoms with E-state index in [1.807, 2.05) is 20.8 Å². The molecular formula is C32H40FN3O6. The predicted molar refractivity (Wildman–Crippen MR) is 156 cm³/mol. The van der Waals surface area contributed by atoms with Crippen LogP contribution in [0, 0.1) is 22.6 Å². The summed E-state index contributed by atoms with van der Waals surface area (Å²) in [5.41, 5.74) is 2.19. The van der Waals surface area contributed by atoms with Gasteiger partial charge in [-0.25, -0.2) is 4.39 Å². The number of rotatable bonds is 15. The molecule has 0 spiro atoms. The van der Waals surface area contributed by atoms with Crippen molar-refractivity contribution in [2.24, 2.45) is 0 Å². The largest absolute Gasteiger partial charge is 0.493 e. The number of fused-ring (bicyclic) bond motifs is 1. The molecule has 9 nitrogen and oxygen atoms in total. The Bertz CT molecular complexity index is 1380. The van der Waals surface area contributed by atoms with Gasteiger partial charge in [0.05, 0.1) is 38.0 Å². The van der Waals surface area contributed by atoms with Gasteiger partial charge in [-0.05, 0) is 67.9 Å². The summed E-state index contributed by atoms with van der Waals surface area (Å²) in [6.45, 7) is 10.4. The van der Waals surface area contributed by atoms with Crippen LogP contribution in [0.5, 0.6) is 17.2 Å². The lowest BCUT2D eigenvalue weighted by molar-refractivity contribution is -0.137. The Hall–Kier alpha value is -4.13. The van der Waals surface area contributed by atoms with E-state index < -0.39 is 17.2 Å². The molecule has 1 aliphatic rings. The second-order valence-electron chi connectivity index (χ2n) is 11.2. The maximum absolute atomic E-state index is 15.5. The number of amidine groups is 1. The molecule has 0 saturated carbocycles. The van der Waals surface area contributed by atoms with Crippen LogP contribution < -0.4 is 14.2 Å². The summed E-state index contributed by atoms with van der Waals surface area (Å²) in [4.78, 5) is 26.0. The topological polar surface area (TPSA) is 133 Å². The zero-order valence-corrected chi connectivity index (χ0v) is 25.1. The normalized spacial score (nSPS) is 12.6. The number of nitrogens with zero attached hydrogens (tertiary/aromatic N) is 2. The SMILES string of the molecule is CCOc1cc2c(c(F)c1OCC)C(=N)N(CC(=O)c1cc(CCC#N)c(OCCCCC(=O)O)c(C(C)(C)C)c1)C2. The van der Waals surface area contributed by atoms with Crippen molar-refractivity contribution in [2.75, 3.05) is 26.4 Å². The standard InChI is InChI=1S/C32H40FN3O6/c1-6-40-25-17-22-18-36(31(35)27(22)28(33)30(25)41-7-2)19-24(37)21-15-20(11-10-13-34)29(23(16-21)32(3,4)5)42-14-9-8-12-26(38)39/h15-17,35H,6-12,14,18-19H2,1-5H3,(H,38,39). The van der Waals surface area contributed by atoms with Gasteiger partial charge in [-0.1, -0.05) is 20.8 Å². The molecule has 0 radical (unpaired) electrons. The van der Waals surface area contributed by atoms with Gasteiger partial charge in [0.15, 0.2) is 23.1 Å². The molecule has 0 aliphatic carbocycles. The molecule has 0 amide bonds. The van der Waals surface area contributed by atoms with Crippen LogP contribution in [0.1, 0.15) is 92.9 Å². The first-order valence-corrected chi connectivity index (χ1v) is 14.3. The highest BCUT2D eigenvalue weighted by molar-refractivity contribution is 6.06. The fourth-order valence-electron chi connectivity index (χ4n) is 4.93. The molecule has 0 unspecified atom stereocenters. The van der Waals surface area contributed by atoms with Crippen molar-refractivity contribution in [1.82, 2.24) is 4.90 Å². The molecule has 226 valence electrons. The molecule has 0 bridgehead atoms. The van der Waals surface area contributed by atoms with Crippen molar-refractivity contribution in [3.05, 3.63) is 51.8 Å². The fourth-order valence-corrected chi connectivity index (χ4v) is 4.93. The summed E-state index contributed by atoms with van der Waals surface area (Å²) in [6, 6.07) is 7.34. The molecule has 0 aromatic heterocycles.